The van der Waals surface area contributed by atoms with Crippen LogP contribution in [0.5, 0.6) is 0 Å². The second-order valence-corrected chi connectivity index (χ2v) is 5.95. The molecule has 0 unspecified atom stereocenters. The highest BCUT2D eigenvalue weighted by atomic mass is 79.9. The van der Waals surface area contributed by atoms with Crippen LogP contribution in [0.15, 0.2) is 46.9 Å². The Bertz CT molecular complexity index is 664. The van der Waals surface area contributed by atoms with Crippen molar-refractivity contribution in [1.82, 2.24) is 5.32 Å². The first-order chi connectivity index (χ1) is 9.99. The second kappa shape index (κ2) is 7.02. The van der Waals surface area contributed by atoms with Crippen molar-refractivity contribution in [2.24, 2.45) is 0 Å². The van der Waals surface area contributed by atoms with Crippen LogP contribution in [0, 0.1) is 10.1 Å². The molecular formula is C15H14BrClN2O2. The van der Waals surface area contributed by atoms with Crippen LogP contribution in [0.1, 0.15) is 24.1 Å². The number of nitro benzene ring substituents is 1. The van der Waals surface area contributed by atoms with E-state index < -0.39 is 4.92 Å². The summed E-state index contributed by atoms with van der Waals surface area (Å²) in [6, 6.07) is 12.5. The van der Waals surface area contributed by atoms with Gasteiger partial charge in [0.05, 0.1) is 4.92 Å². The van der Waals surface area contributed by atoms with Crippen molar-refractivity contribution in [3.63, 3.8) is 0 Å². The van der Waals surface area contributed by atoms with Gasteiger partial charge in [0.1, 0.15) is 0 Å². The molecule has 2 aromatic rings. The van der Waals surface area contributed by atoms with Crippen molar-refractivity contribution >= 4 is 33.2 Å². The summed E-state index contributed by atoms with van der Waals surface area (Å²) in [5.41, 5.74) is 1.75. The van der Waals surface area contributed by atoms with Gasteiger partial charge in [0.2, 0.25) is 0 Å². The van der Waals surface area contributed by atoms with Gasteiger partial charge in [-0.25, -0.2) is 0 Å². The molecule has 0 fully saturated rings. The van der Waals surface area contributed by atoms with Crippen LogP contribution in [-0.4, -0.2) is 4.92 Å². The maximum absolute atomic E-state index is 11.0. The second-order valence-electron chi connectivity index (χ2n) is 4.65. The van der Waals surface area contributed by atoms with E-state index in [1.165, 1.54) is 12.1 Å². The third-order valence-corrected chi connectivity index (χ3v) is 4.17. The van der Waals surface area contributed by atoms with Gasteiger partial charge in [-0.3, -0.25) is 10.1 Å². The van der Waals surface area contributed by atoms with Gasteiger partial charge in [-0.1, -0.05) is 45.7 Å². The van der Waals surface area contributed by atoms with E-state index in [9.17, 15) is 10.1 Å². The van der Waals surface area contributed by atoms with E-state index in [0.29, 0.717) is 17.1 Å². The Labute approximate surface area is 136 Å². The zero-order valence-corrected chi connectivity index (χ0v) is 13.7. The average molecular weight is 370 g/mol. The van der Waals surface area contributed by atoms with Gasteiger partial charge < -0.3 is 5.32 Å². The van der Waals surface area contributed by atoms with E-state index in [1.54, 1.807) is 6.07 Å². The molecule has 4 nitrogen and oxygen atoms in total. The molecule has 0 aliphatic carbocycles. The van der Waals surface area contributed by atoms with Crippen molar-refractivity contribution < 1.29 is 4.92 Å². The highest BCUT2D eigenvalue weighted by Crippen LogP contribution is 2.26. The van der Waals surface area contributed by atoms with Gasteiger partial charge in [0.15, 0.2) is 0 Å². The van der Waals surface area contributed by atoms with Gasteiger partial charge in [-0.15, -0.1) is 0 Å². The number of hydrogen-bond donors (Lipinski definition) is 1. The first kappa shape index (κ1) is 15.9. The summed E-state index contributed by atoms with van der Waals surface area (Å²) >= 11 is 9.42. The monoisotopic (exact) mass is 368 g/mol. The van der Waals surface area contributed by atoms with Crippen LogP contribution in [0.4, 0.5) is 5.69 Å². The molecular weight excluding hydrogens is 356 g/mol. The molecule has 110 valence electrons. The van der Waals surface area contributed by atoms with Crippen LogP contribution in [-0.2, 0) is 6.54 Å². The minimum absolute atomic E-state index is 0.0548. The third kappa shape index (κ3) is 4.03. The number of rotatable bonds is 5. The normalized spacial score (nSPS) is 12.1. The highest BCUT2D eigenvalue weighted by Gasteiger charge is 2.15. The first-order valence-electron chi connectivity index (χ1n) is 6.39. The fraction of sp³-hybridized carbons (Fsp3) is 0.200. The molecule has 0 aromatic heterocycles. The number of nitro groups is 1. The average Bonchev–Trinajstić information content (AvgIpc) is 2.45. The molecule has 0 aliphatic heterocycles. The summed E-state index contributed by atoms with van der Waals surface area (Å²) in [6.07, 6.45) is 0. The van der Waals surface area contributed by atoms with E-state index in [0.717, 1.165) is 10.0 Å². The van der Waals surface area contributed by atoms with E-state index in [2.05, 4.69) is 21.2 Å². The van der Waals surface area contributed by atoms with Crippen molar-refractivity contribution in [3.05, 3.63) is 73.2 Å². The lowest BCUT2D eigenvalue weighted by Gasteiger charge is -2.16. The molecule has 0 heterocycles. The Morgan fingerprint density at radius 3 is 2.71 bits per heavy atom. The molecule has 0 bridgehead atoms. The minimum Gasteiger partial charge on any atom is -0.306 e. The van der Waals surface area contributed by atoms with E-state index in [-0.39, 0.29) is 11.7 Å². The molecule has 0 saturated carbocycles. The van der Waals surface area contributed by atoms with Gasteiger partial charge >= 0.3 is 0 Å². The number of benzene rings is 2. The van der Waals surface area contributed by atoms with E-state index >= 15 is 0 Å². The predicted octanol–water partition coefficient (Wildman–Crippen LogP) is 4.86. The smallest absolute Gasteiger partial charge is 0.273 e. The fourth-order valence-corrected chi connectivity index (χ4v) is 2.90. The summed E-state index contributed by atoms with van der Waals surface area (Å²) in [4.78, 5) is 10.6. The lowest BCUT2D eigenvalue weighted by molar-refractivity contribution is -0.385. The Morgan fingerprint density at radius 1 is 1.33 bits per heavy atom. The molecule has 0 amide bonds. The Hall–Kier alpha value is -1.43. The molecule has 6 heteroatoms. The summed E-state index contributed by atoms with van der Waals surface area (Å²) in [6.45, 7) is 2.38. The van der Waals surface area contributed by atoms with Crippen LogP contribution in [0.3, 0.4) is 0 Å². The molecule has 1 N–H and O–H groups in total. The van der Waals surface area contributed by atoms with Crippen LogP contribution >= 0.6 is 27.5 Å². The van der Waals surface area contributed by atoms with Gasteiger partial charge in [-0.05, 0) is 30.7 Å². The summed E-state index contributed by atoms with van der Waals surface area (Å²) < 4.78 is 1.01. The Morgan fingerprint density at radius 2 is 2.05 bits per heavy atom. The topological polar surface area (TPSA) is 55.2 Å². The number of nitrogens with zero attached hydrogens (tertiary/aromatic N) is 1. The maximum Gasteiger partial charge on any atom is 0.273 e. The summed E-state index contributed by atoms with van der Waals surface area (Å²) in [7, 11) is 0. The largest absolute Gasteiger partial charge is 0.306 e. The van der Waals surface area contributed by atoms with E-state index in [4.69, 9.17) is 11.6 Å². The molecule has 0 spiro atoms. The van der Waals surface area contributed by atoms with Crippen LogP contribution < -0.4 is 5.32 Å². The fourth-order valence-electron chi connectivity index (χ4n) is 2.07. The minimum atomic E-state index is -0.392. The van der Waals surface area contributed by atoms with E-state index in [1.807, 2.05) is 31.2 Å². The molecule has 1 atom stereocenters. The molecule has 21 heavy (non-hydrogen) atoms. The van der Waals surface area contributed by atoms with Crippen molar-refractivity contribution in [3.8, 4) is 0 Å². The number of nitrogens with one attached hydrogen (secondary N) is 1. The Kier molecular flexibility index (Phi) is 5.33. The molecule has 2 rings (SSSR count). The van der Waals surface area contributed by atoms with Crippen molar-refractivity contribution in [1.29, 1.82) is 0 Å². The molecule has 2 aromatic carbocycles. The Balaban J connectivity index is 2.15. The van der Waals surface area contributed by atoms with Crippen molar-refractivity contribution in [2.75, 3.05) is 0 Å². The molecule has 0 radical (unpaired) electrons. The number of halogens is 2. The zero-order chi connectivity index (χ0) is 15.4. The first-order valence-corrected chi connectivity index (χ1v) is 7.56. The number of hydrogen-bond acceptors (Lipinski definition) is 3. The third-order valence-electron chi connectivity index (χ3n) is 3.21. The molecule has 0 aliphatic rings. The molecule has 0 saturated heterocycles. The predicted molar refractivity (Wildman–Crippen MR) is 87.5 cm³/mol. The summed E-state index contributed by atoms with van der Waals surface area (Å²) in [5.74, 6) is 0. The standard InChI is InChI=1S/C15H14BrClN2O2/c1-10(13-4-2-3-5-14(13)16)18-9-11-8-12(17)6-7-15(11)19(20)21/h2-8,10,18H,9H2,1H3/t10-/m1/s1. The van der Waals surface area contributed by atoms with Gasteiger partial charge in [0, 0.05) is 33.7 Å². The lowest BCUT2D eigenvalue weighted by atomic mass is 10.1. The maximum atomic E-state index is 11.0. The van der Waals surface area contributed by atoms with Gasteiger partial charge in [-0.2, -0.15) is 0 Å². The summed E-state index contributed by atoms with van der Waals surface area (Å²) in [5, 5.41) is 14.8. The van der Waals surface area contributed by atoms with Crippen molar-refractivity contribution in [2.45, 2.75) is 19.5 Å². The lowest BCUT2D eigenvalue weighted by Crippen LogP contribution is -2.19. The van der Waals surface area contributed by atoms with Gasteiger partial charge in [0.25, 0.3) is 5.69 Å². The SMILES string of the molecule is C[C@@H](NCc1cc(Cl)ccc1[N+](=O)[O-])c1ccccc1Br. The zero-order valence-electron chi connectivity index (χ0n) is 11.3. The van der Waals surface area contributed by atoms with Crippen LogP contribution in [0.25, 0.3) is 0 Å². The van der Waals surface area contributed by atoms with Crippen LogP contribution in [0.2, 0.25) is 5.02 Å². The highest BCUT2D eigenvalue weighted by molar-refractivity contribution is 9.10. The quantitative estimate of drug-likeness (QED) is 0.605.